The number of nitrogens with zero attached hydrogens (tertiary/aromatic N) is 6. The van der Waals surface area contributed by atoms with Crippen LogP contribution < -0.4 is 0 Å². The molecule has 0 amide bonds. The third-order valence-electron chi connectivity index (χ3n) is 20.8. The summed E-state index contributed by atoms with van der Waals surface area (Å²) in [7, 11) is 0. The largest absolute Gasteiger partial charge is 0.465 e. The molecule has 138 heavy (non-hydrogen) atoms. The van der Waals surface area contributed by atoms with Crippen molar-refractivity contribution in [2.45, 2.75) is 347 Å². The Bertz CT molecular complexity index is 4380. The lowest BCUT2D eigenvalue weighted by atomic mass is 9.80. The van der Waals surface area contributed by atoms with Gasteiger partial charge in [-0.15, -0.1) is 0 Å². The van der Waals surface area contributed by atoms with E-state index in [2.05, 4.69) is 20.1 Å². The maximum Gasteiger partial charge on any atom is 0.303 e. The van der Waals surface area contributed by atoms with Crippen molar-refractivity contribution in [3.63, 3.8) is 0 Å². The Labute approximate surface area is 783 Å². The first-order valence-electron chi connectivity index (χ1n) is 42.6. The number of carbonyl (C=O) groups is 19. The fourth-order valence-electron chi connectivity index (χ4n) is 16.4. The molecule has 14 bridgehead atoms. The Morgan fingerprint density at radius 2 is 0.377 bits per heavy atom. The van der Waals surface area contributed by atoms with Gasteiger partial charge in [0, 0.05) is 147 Å². The molecule has 0 aromatic carbocycles. The van der Waals surface area contributed by atoms with Crippen LogP contribution in [0.3, 0.4) is 0 Å². The Morgan fingerprint density at radius 3 is 0.580 bits per heavy atom. The average Bonchev–Trinajstić information content (AvgIpc) is 0.773. The smallest absolute Gasteiger partial charge is 0.303 e. The number of hydrogen-bond donors (Lipinski definition) is 0. The highest BCUT2D eigenvalue weighted by atomic mass is 16.8. The standard InChI is InChI=1S/C81H108N6O51/c1-28(88)107-23-47-20-48-56(112-33(6)93)63(113-34(7)94)55(47)133-78-73(123-44(17)104)67(117-38(11)98)60(52(130-78)25-109-30(3)90)136-76-71(121-42(15)102)65(115-36(9)96)58(50(128-76)22-85-87-83)135-80-74(124-45(18)105)69(119-40(13)100)62(54(131-80)27-111-32(5)92)138-81-75(125-46(19)106)68(118-39(12)99)61(53(132-81)26-110-31(4)91)137-77-70(120-41(14)101)64(114-35(8)95)57(49(127-77)21-84-86-82)134-79-72(122-43(16)103)66(116-37(10)97)59(126-48)51(129-79)24-108-29(2)89/h47-81H,20-27H2,1-19H3/t47?,48-,49?,50?,51?,52?,53?,54?,55+,56?,57+,58+,59+,60+,61+,62+,63-,64-,65-,66-,67-,68+,69-,70?,71?,72?,73?,74?,75?,76-,77+,78+,79+,80-,81-/m0/s1. The van der Waals surface area contributed by atoms with Gasteiger partial charge in [0.1, 0.15) is 93.6 Å². The van der Waals surface area contributed by atoms with E-state index >= 15 is 0 Å². The second kappa shape index (κ2) is 51.1. The van der Waals surface area contributed by atoms with Crippen LogP contribution in [0.25, 0.3) is 20.9 Å². The van der Waals surface area contributed by atoms with Gasteiger partial charge in [-0.05, 0) is 17.5 Å². The van der Waals surface area contributed by atoms with Crippen molar-refractivity contribution in [3.05, 3.63) is 20.9 Å². The Kier molecular flexibility index (Phi) is 41.2. The molecule has 1 aliphatic carbocycles. The lowest BCUT2D eigenvalue weighted by Gasteiger charge is -2.52. The minimum absolute atomic E-state index is 0.763. The second-order valence-electron chi connectivity index (χ2n) is 31.9. The highest BCUT2D eigenvalue weighted by Crippen LogP contribution is 2.46. The van der Waals surface area contributed by atoms with E-state index in [4.69, 9.17) is 152 Å². The first-order chi connectivity index (χ1) is 64.9. The van der Waals surface area contributed by atoms with Crippen molar-refractivity contribution < 1.29 is 243 Å². The SMILES string of the molecule is CC(=O)OCC1C[C@@H]2O[C@@H]3C(COC(C)=O)O[C@H](O[C@@H]4C(CN=[N+]=[N-])O[C@H](O[C@@H]5C(COC(C)=O)O[C@@H](O[C@@H]6C(COC(C)=O)O[C@@H](O[C@@H]7C(CN=[N+]=[N-])O[C@@H](O[C@@H]8C(COC(C)=O)O[C@H](O[C@H]1[C@H](OC(C)=O)C2OC(C)=O)C(OC(C)=O)[C@H]8OC(C)=O)C(OC(C)=O)[C@H]7OC(C)=O)C(OC(C)=O)[C@H]6OC(C)=O)C(OC(C)=O)[C@@H]5OC(C)=O)C(OC(C)=O)[C@H]4OC(C)=O)C(OC(C)=O)[C@H]3OC(C)=O. The minimum Gasteiger partial charge on any atom is -0.465 e. The molecule has 1 saturated carbocycles. The number of esters is 19. The Morgan fingerprint density at radius 1 is 0.210 bits per heavy atom. The van der Waals surface area contributed by atoms with Crippen molar-refractivity contribution in [1.29, 1.82) is 0 Å². The second-order valence-corrected chi connectivity index (χ2v) is 31.9. The molecule has 20 saturated heterocycles. The number of azide groups is 2. The maximum absolute atomic E-state index is 14.0. The van der Waals surface area contributed by atoms with Crippen LogP contribution in [-0.4, -0.2) is 368 Å². The molecule has 21 fully saturated rings. The molecule has 57 nitrogen and oxygen atoms in total. The summed E-state index contributed by atoms with van der Waals surface area (Å²) in [5, 5.41) is 7.34. The van der Waals surface area contributed by atoms with E-state index in [9.17, 15) is 102 Å². The lowest BCUT2D eigenvalue weighted by Crippen LogP contribution is -2.70. The third-order valence-corrected chi connectivity index (χ3v) is 20.8. The maximum atomic E-state index is 14.0. The Balaban J connectivity index is 1.51. The van der Waals surface area contributed by atoms with E-state index in [1.165, 1.54) is 0 Å². The van der Waals surface area contributed by atoms with Gasteiger partial charge in [0.25, 0.3) is 0 Å². The van der Waals surface area contributed by atoms with Crippen LogP contribution in [0.2, 0.25) is 0 Å². The molecule has 14 unspecified atom stereocenters. The minimum atomic E-state index is -2.45. The van der Waals surface area contributed by atoms with Gasteiger partial charge in [-0.1, -0.05) is 10.2 Å². The number of rotatable bonds is 28. The molecule has 768 valence electrons. The van der Waals surface area contributed by atoms with E-state index < -0.39 is 381 Å². The molecule has 20 aliphatic heterocycles. The topological polar surface area (TPSA) is 717 Å². The summed E-state index contributed by atoms with van der Waals surface area (Å²) in [4.78, 5) is 266. The lowest BCUT2D eigenvalue weighted by molar-refractivity contribution is -0.395. The molecular weight excluding hydrogens is 1870 g/mol. The molecule has 20 heterocycles. The quantitative estimate of drug-likeness (QED) is 0.0295. The van der Waals surface area contributed by atoms with Crippen molar-refractivity contribution in [3.8, 4) is 0 Å². The van der Waals surface area contributed by atoms with Crippen molar-refractivity contribution in [2.75, 3.05) is 46.1 Å². The summed E-state index contributed by atoms with van der Waals surface area (Å²) < 4.78 is 198. The van der Waals surface area contributed by atoms with Crippen LogP contribution in [0.15, 0.2) is 10.2 Å². The van der Waals surface area contributed by atoms with Crippen molar-refractivity contribution >= 4 is 113 Å². The van der Waals surface area contributed by atoms with Crippen molar-refractivity contribution in [2.24, 2.45) is 16.1 Å². The predicted octanol–water partition coefficient (Wildman–Crippen LogP) is -1.09. The van der Waals surface area contributed by atoms with Gasteiger partial charge in [-0.2, -0.15) is 0 Å². The van der Waals surface area contributed by atoms with Crippen LogP contribution >= 0.6 is 0 Å². The van der Waals surface area contributed by atoms with Gasteiger partial charge in [0.05, 0.1) is 38.0 Å². The van der Waals surface area contributed by atoms with Gasteiger partial charge in [0.15, 0.2) is 123 Å². The first-order valence-corrected chi connectivity index (χ1v) is 42.6. The molecule has 0 radical (unpaired) electrons. The zero-order valence-corrected chi connectivity index (χ0v) is 77.9. The molecule has 21 aliphatic rings. The van der Waals surface area contributed by atoms with E-state index in [0.717, 1.165) is 132 Å². The van der Waals surface area contributed by atoms with Gasteiger partial charge in [0.2, 0.25) is 0 Å². The van der Waals surface area contributed by atoms with Crippen molar-refractivity contribution in [1.82, 2.24) is 0 Å². The highest BCUT2D eigenvalue weighted by molar-refractivity contribution is 5.73. The van der Waals surface area contributed by atoms with Crippen LogP contribution in [0.4, 0.5) is 0 Å². The number of carbonyl (C=O) groups excluding carboxylic acids is 19. The summed E-state index contributed by atoms with van der Waals surface area (Å²) in [5.41, 5.74) is 20.2. The fourth-order valence-corrected chi connectivity index (χ4v) is 16.4. The van der Waals surface area contributed by atoms with Gasteiger partial charge in [-0.25, -0.2) is 0 Å². The summed E-state index contributed by atoms with van der Waals surface area (Å²) in [6, 6.07) is 0. The van der Waals surface area contributed by atoms with Crippen LogP contribution in [0.1, 0.15) is 138 Å². The monoisotopic (exact) mass is 1980 g/mol. The van der Waals surface area contributed by atoms with Gasteiger partial charge in [-0.3, -0.25) is 91.1 Å². The van der Waals surface area contributed by atoms with E-state index in [1.54, 1.807) is 0 Å². The summed E-state index contributed by atoms with van der Waals surface area (Å²) >= 11 is 0. The molecule has 35 atom stereocenters. The van der Waals surface area contributed by atoms with Crippen LogP contribution in [0, 0.1) is 5.92 Å². The molecule has 0 aromatic heterocycles. The molecule has 21 rings (SSSR count). The molecule has 0 aromatic rings. The first kappa shape index (κ1) is 111. The predicted molar refractivity (Wildman–Crippen MR) is 427 cm³/mol. The average molecular weight is 1980 g/mol. The number of hydrogen-bond acceptors (Lipinski definition) is 53. The summed E-state index contributed by atoms with van der Waals surface area (Å²) in [6.07, 6.45) is -77.6. The Hall–Kier alpha value is -12.0. The highest BCUT2D eigenvalue weighted by Gasteiger charge is 2.66. The van der Waals surface area contributed by atoms with E-state index in [-0.39, 0.29) is 0 Å². The summed E-state index contributed by atoms with van der Waals surface area (Å²) in [5.74, 6) is -25.0. The summed E-state index contributed by atoms with van der Waals surface area (Å²) in [6.45, 7) is 8.60. The third kappa shape index (κ3) is 31.3. The number of ether oxygens (including phenoxy) is 32. The zero-order chi connectivity index (χ0) is 102. The van der Waals surface area contributed by atoms with E-state index in [0.29, 0.717) is 0 Å². The van der Waals surface area contributed by atoms with Crippen LogP contribution in [-0.2, 0) is 243 Å². The molecular formula is C81H108N6O51. The molecule has 0 N–H and O–H groups in total. The normalized spacial score (nSPS) is 34.9. The molecule has 57 heteroatoms. The van der Waals surface area contributed by atoms with Gasteiger partial charge >= 0.3 is 113 Å². The van der Waals surface area contributed by atoms with Crippen LogP contribution in [0.5, 0.6) is 0 Å². The zero-order valence-electron chi connectivity index (χ0n) is 77.9. The van der Waals surface area contributed by atoms with E-state index in [1.807, 2.05) is 0 Å². The van der Waals surface area contributed by atoms with Gasteiger partial charge < -0.3 is 152 Å². The molecule has 0 spiro atoms. The fraction of sp³-hybridized carbons (Fsp3) is 0.765.